The molecule has 0 fully saturated rings. The Balaban J connectivity index is 0.942. The number of anilines is 7. The Bertz CT molecular complexity index is 3710. The van der Waals surface area contributed by atoms with Crippen LogP contribution in [-0.4, -0.2) is 5.54 Å². The normalized spacial score (nSPS) is 14.8. The smallest absolute Gasteiger partial charge is 0.0644 e. The van der Waals surface area contributed by atoms with Crippen LogP contribution in [0.2, 0.25) is 0 Å². The third-order valence-electron chi connectivity index (χ3n) is 14.5. The van der Waals surface area contributed by atoms with E-state index < -0.39 is 0 Å². The van der Waals surface area contributed by atoms with Gasteiger partial charge in [-0.15, -0.1) is 0 Å². The number of hydrogen-bond donors (Lipinski definition) is 0. The van der Waals surface area contributed by atoms with Crippen LogP contribution in [0.25, 0.3) is 32.3 Å². The molecule has 1 aliphatic carbocycles. The fraction of sp³-hybridized carbons (Fsp3) is 0.0725. The average Bonchev–Trinajstić information content (AvgIpc) is 3.44. The number of hydrogen-bond acceptors (Lipinski definition) is 3. The van der Waals surface area contributed by atoms with Crippen molar-refractivity contribution in [2.75, 3.05) is 14.7 Å². The Labute approximate surface area is 423 Å². The zero-order valence-corrected chi connectivity index (χ0v) is 40.5. The summed E-state index contributed by atoms with van der Waals surface area (Å²) in [6, 6.07) is 97.3. The number of allylic oxidation sites excluding steroid dienone is 1. The SMILES string of the molecule is CC1(N(c2ccccc2)c2ccc3ccccc3c2)C=CC(N(c2ccc(C(Cc3ccccc3)c3ccc4ccccc4c3)cc2)c2ccc(N(c3ccccc3)c3ccc4ccccc4c3)cc2)=CC1. The molecule has 72 heavy (non-hydrogen) atoms. The topological polar surface area (TPSA) is 9.72 Å². The van der Waals surface area contributed by atoms with Crippen LogP contribution in [0.4, 0.5) is 39.8 Å². The van der Waals surface area contributed by atoms with Crippen LogP contribution < -0.4 is 14.7 Å². The summed E-state index contributed by atoms with van der Waals surface area (Å²) < 4.78 is 0. The van der Waals surface area contributed by atoms with Crippen LogP contribution in [0, 0.1) is 0 Å². The molecule has 0 radical (unpaired) electrons. The number of fused-ring (bicyclic) bond motifs is 3. The summed E-state index contributed by atoms with van der Waals surface area (Å²) in [6.07, 6.45) is 8.86. The van der Waals surface area contributed by atoms with Crippen molar-refractivity contribution in [3.8, 4) is 0 Å². The third kappa shape index (κ3) is 8.94. The molecule has 2 unspecified atom stereocenters. The maximum atomic E-state index is 2.50. The van der Waals surface area contributed by atoms with Gasteiger partial charge in [-0.3, -0.25) is 0 Å². The van der Waals surface area contributed by atoms with Crippen LogP contribution >= 0.6 is 0 Å². The Morgan fingerprint density at radius 3 is 1.35 bits per heavy atom. The van der Waals surface area contributed by atoms with Crippen molar-refractivity contribution >= 4 is 72.1 Å². The van der Waals surface area contributed by atoms with Crippen LogP contribution in [0.15, 0.2) is 291 Å². The fourth-order valence-electron chi connectivity index (χ4n) is 10.8. The highest BCUT2D eigenvalue weighted by atomic mass is 15.2. The van der Waals surface area contributed by atoms with Gasteiger partial charge in [-0.05, 0) is 160 Å². The molecule has 0 aliphatic heterocycles. The molecule has 0 saturated heterocycles. The van der Waals surface area contributed by atoms with Gasteiger partial charge in [0.15, 0.2) is 0 Å². The molecule has 0 heterocycles. The lowest BCUT2D eigenvalue weighted by atomic mass is 9.85. The first-order valence-corrected chi connectivity index (χ1v) is 25.1. The van der Waals surface area contributed by atoms with Crippen molar-refractivity contribution < 1.29 is 0 Å². The second kappa shape index (κ2) is 19.5. The highest BCUT2D eigenvalue weighted by Gasteiger charge is 2.33. The summed E-state index contributed by atoms with van der Waals surface area (Å²) in [7, 11) is 0. The van der Waals surface area contributed by atoms with Crippen molar-refractivity contribution in [3.05, 3.63) is 308 Å². The molecule has 3 heteroatoms. The lowest BCUT2D eigenvalue weighted by Gasteiger charge is -2.43. The van der Waals surface area contributed by atoms with Crippen molar-refractivity contribution in [2.45, 2.75) is 31.2 Å². The van der Waals surface area contributed by atoms with E-state index in [2.05, 4.69) is 307 Å². The van der Waals surface area contributed by atoms with Crippen molar-refractivity contribution in [3.63, 3.8) is 0 Å². The Morgan fingerprint density at radius 1 is 0.361 bits per heavy atom. The van der Waals surface area contributed by atoms with E-state index in [1.54, 1.807) is 0 Å². The number of para-hydroxylation sites is 2. The summed E-state index contributed by atoms with van der Waals surface area (Å²) in [5.74, 6) is 0.173. The van der Waals surface area contributed by atoms with Gasteiger partial charge in [0.2, 0.25) is 0 Å². The molecular formula is C69H55N3. The van der Waals surface area contributed by atoms with E-state index in [1.807, 2.05) is 0 Å². The average molecular weight is 926 g/mol. The van der Waals surface area contributed by atoms with Gasteiger partial charge in [0.05, 0.1) is 5.54 Å². The second-order valence-electron chi connectivity index (χ2n) is 19.2. The lowest BCUT2D eigenvalue weighted by molar-refractivity contribution is 0.567. The maximum Gasteiger partial charge on any atom is 0.0644 e. The molecule has 11 aromatic rings. The number of nitrogens with zero attached hydrogens (tertiary/aromatic N) is 3. The molecule has 346 valence electrons. The van der Waals surface area contributed by atoms with Crippen molar-refractivity contribution in [1.82, 2.24) is 0 Å². The predicted molar refractivity (Wildman–Crippen MR) is 306 cm³/mol. The van der Waals surface area contributed by atoms with E-state index >= 15 is 0 Å². The summed E-state index contributed by atoms with van der Waals surface area (Å²) in [4.78, 5) is 7.28. The quantitative estimate of drug-likeness (QED) is 0.114. The van der Waals surface area contributed by atoms with Gasteiger partial charge >= 0.3 is 0 Å². The molecular weight excluding hydrogens is 871 g/mol. The molecule has 0 N–H and O–H groups in total. The fourth-order valence-corrected chi connectivity index (χ4v) is 10.8. The minimum atomic E-state index is -0.354. The van der Waals surface area contributed by atoms with Crippen LogP contribution in [0.5, 0.6) is 0 Å². The molecule has 2 atom stereocenters. The highest BCUT2D eigenvalue weighted by Crippen LogP contribution is 2.44. The van der Waals surface area contributed by atoms with E-state index in [9.17, 15) is 0 Å². The van der Waals surface area contributed by atoms with Gasteiger partial charge in [0.1, 0.15) is 0 Å². The zero-order chi connectivity index (χ0) is 48.3. The zero-order valence-electron chi connectivity index (χ0n) is 40.5. The summed E-state index contributed by atoms with van der Waals surface area (Å²) in [5.41, 5.74) is 12.5. The molecule has 1 aliphatic rings. The van der Waals surface area contributed by atoms with E-state index in [1.165, 1.54) is 49.0 Å². The van der Waals surface area contributed by atoms with E-state index in [0.717, 1.165) is 58.4 Å². The van der Waals surface area contributed by atoms with Gasteiger partial charge in [-0.2, -0.15) is 0 Å². The monoisotopic (exact) mass is 925 g/mol. The molecule has 0 aromatic heterocycles. The van der Waals surface area contributed by atoms with Crippen molar-refractivity contribution in [1.29, 1.82) is 0 Å². The minimum Gasteiger partial charge on any atom is -0.332 e. The Hall–Kier alpha value is -8.92. The maximum absolute atomic E-state index is 2.50. The van der Waals surface area contributed by atoms with Gasteiger partial charge in [-0.1, -0.05) is 194 Å². The third-order valence-corrected chi connectivity index (χ3v) is 14.5. The van der Waals surface area contributed by atoms with Gasteiger partial charge in [0, 0.05) is 51.4 Å². The minimum absolute atomic E-state index is 0.173. The molecule has 0 amide bonds. The number of rotatable bonds is 13. The lowest BCUT2D eigenvalue weighted by Crippen LogP contribution is -2.43. The van der Waals surface area contributed by atoms with Gasteiger partial charge < -0.3 is 14.7 Å². The van der Waals surface area contributed by atoms with Crippen LogP contribution in [0.3, 0.4) is 0 Å². The van der Waals surface area contributed by atoms with Gasteiger partial charge in [0.25, 0.3) is 0 Å². The second-order valence-corrected chi connectivity index (χ2v) is 19.2. The number of benzene rings is 11. The first-order valence-electron chi connectivity index (χ1n) is 25.1. The summed E-state index contributed by atoms with van der Waals surface area (Å²) in [6.45, 7) is 2.36. The molecule has 0 bridgehead atoms. The van der Waals surface area contributed by atoms with E-state index in [4.69, 9.17) is 0 Å². The largest absolute Gasteiger partial charge is 0.332 e. The Morgan fingerprint density at radius 2 is 0.778 bits per heavy atom. The van der Waals surface area contributed by atoms with Crippen LogP contribution in [0.1, 0.15) is 36.0 Å². The molecule has 3 nitrogen and oxygen atoms in total. The van der Waals surface area contributed by atoms with E-state index in [-0.39, 0.29) is 11.5 Å². The standard InChI is InChI=1S/C69H55N3/c1-69(72(65-27-9-4-10-28-65)67-38-32-54-21-13-16-24-58(54)50-67)45-43-64(44-46-69)70(62-39-41-63(42-40-62)71(60-25-7-3-8-26-60)66-37-31-53-20-12-15-23-57(53)49-66)61-35-33-55(34-36-61)68(47-51-17-5-2-6-18-51)59-30-29-52-19-11-14-22-56(52)48-59/h2-45,48-50,68H,46-47H2,1H3. The van der Waals surface area contributed by atoms with Gasteiger partial charge in [-0.25, -0.2) is 0 Å². The Kier molecular flexibility index (Phi) is 12.0. The molecule has 11 aromatic carbocycles. The predicted octanol–water partition coefficient (Wildman–Crippen LogP) is 18.6. The molecule has 0 spiro atoms. The first-order chi connectivity index (χ1) is 35.5. The highest BCUT2D eigenvalue weighted by molar-refractivity contribution is 5.90. The van der Waals surface area contributed by atoms with E-state index in [0.29, 0.717) is 0 Å². The molecule has 12 rings (SSSR count). The van der Waals surface area contributed by atoms with Crippen molar-refractivity contribution in [2.24, 2.45) is 0 Å². The van der Waals surface area contributed by atoms with Crippen LogP contribution in [-0.2, 0) is 6.42 Å². The summed E-state index contributed by atoms with van der Waals surface area (Å²) in [5, 5.41) is 7.43. The summed E-state index contributed by atoms with van der Waals surface area (Å²) >= 11 is 0. The first kappa shape index (κ1) is 44.3. The molecule has 0 saturated carbocycles.